The summed E-state index contributed by atoms with van der Waals surface area (Å²) in [5.41, 5.74) is 0. The van der Waals surface area contributed by atoms with E-state index in [1.165, 1.54) is 154 Å². The minimum absolute atomic E-state index is 0.0884. The minimum atomic E-state index is -4.40. The quantitative estimate of drug-likeness (QED) is 0.0320. The van der Waals surface area contributed by atoms with Crippen molar-refractivity contribution in [3.63, 3.8) is 0 Å². The van der Waals surface area contributed by atoms with Crippen LogP contribution in [-0.4, -0.2) is 54.3 Å². The van der Waals surface area contributed by atoms with Gasteiger partial charge in [0.2, 0.25) is 5.91 Å². The lowest BCUT2D eigenvalue weighted by Gasteiger charge is -2.15. The predicted octanol–water partition coefficient (Wildman–Crippen LogP) is 11.7. The number of nitrogens with one attached hydrogen (secondary N) is 1. The highest BCUT2D eigenvalue weighted by molar-refractivity contribution is 7.47. The Morgan fingerprint density at radius 3 is 1.27 bits per heavy atom. The van der Waals surface area contributed by atoms with E-state index in [2.05, 4.69) is 19.2 Å². The Labute approximate surface area is 314 Å². The van der Waals surface area contributed by atoms with Gasteiger partial charge in [-0.2, -0.15) is 0 Å². The molecule has 0 rings (SSSR count). The number of carbonyl (C=O) groups excluding carboxylic acids is 2. The highest BCUT2D eigenvalue weighted by Gasteiger charge is 2.23. The maximum absolute atomic E-state index is 12.1. The first kappa shape index (κ1) is 50.0. The number of phosphoric acid groups is 1. The van der Waals surface area contributed by atoms with Crippen molar-refractivity contribution in [2.24, 2.45) is 0 Å². The van der Waals surface area contributed by atoms with E-state index in [-0.39, 0.29) is 32.1 Å². The van der Waals surface area contributed by atoms with Gasteiger partial charge in [0.25, 0.3) is 0 Å². The lowest BCUT2D eigenvalue weighted by molar-refractivity contribution is -0.147. The van der Waals surface area contributed by atoms with E-state index in [9.17, 15) is 24.2 Å². The Bertz CT molecular complexity index is 815. The van der Waals surface area contributed by atoms with E-state index < -0.39 is 26.5 Å². The topological polar surface area (TPSA) is 131 Å². The minimum Gasteiger partial charge on any atom is -0.463 e. The predicted molar refractivity (Wildman–Crippen MR) is 211 cm³/mol. The molecule has 304 valence electrons. The van der Waals surface area contributed by atoms with Gasteiger partial charge in [0, 0.05) is 19.4 Å². The molecule has 0 heterocycles. The summed E-state index contributed by atoms with van der Waals surface area (Å²) in [6.07, 6.45) is 37.5. The second-order valence-electron chi connectivity index (χ2n) is 14.7. The Hall–Kier alpha value is -0.990. The maximum Gasteiger partial charge on any atom is 0.472 e. The molecule has 51 heavy (non-hydrogen) atoms. The highest BCUT2D eigenvalue weighted by atomic mass is 31.2. The fourth-order valence-electron chi connectivity index (χ4n) is 6.26. The van der Waals surface area contributed by atoms with Gasteiger partial charge in [-0.3, -0.25) is 18.6 Å². The average Bonchev–Trinajstić information content (AvgIpc) is 3.11. The smallest absolute Gasteiger partial charge is 0.463 e. The number of hydrogen-bond donors (Lipinski definition) is 3. The van der Waals surface area contributed by atoms with Crippen molar-refractivity contribution in [2.45, 2.75) is 225 Å². The Morgan fingerprint density at radius 1 is 0.529 bits per heavy atom. The molecule has 0 saturated heterocycles. The first-order chi connectivity index (χ1) is 24.8. The third-order valence-electron chi connectivity index (χ3n) is 9.54. The second-order valence-corrected chi connectivity index (χ2v) is 16.1. The van der Waals surface area contributed by atoms with E-state index in [0.29, 0.717) is 6.42 Å². The first-order valence-corrected chi connectivity index (χ1v) is 23.0. The van der Waals surface area contributed by atoms with Gasteiger partial charge in [0.1, 0.15) is 12.7 Å². The van der Waals surface area contributed by atoms with Gasteiger partial charge in [-0.05, 0) is 12.8 Å². The molecule has 0 radical (unpaired) electrons. The van der Waals surface area contributed by atoms with Crippen molar-refractivity contribution in [1.82, 2.24) is 5.32 Å². The summed E-state index contributed by atoms with van der Waals surface area (Å²) in [6.45, 7) is 3.58. The Kier molecular flexibility index (Phi) is 38.0. The van der Waals surface area contributed by atoms with Gasteiger partial charge in [-0.15, -0.1) is 0 Å². The van der Waals surface area contributed by atoms with Crippen LogP contribution in [0.4, 0.5) is 0 Å². The number of esters is 1. The van der Waals surface area contributed by atoms with Crippen LogP contribution in [0, 0.1) is 0 Å². The SMILES string of the molecule is CCCCCCCCCCCCCCCCCCCCC(=O)NCCOP(=O)(O)OCC(O)COC(=O)CCCCCCCCCCCCCC. The molecule has 1 amide bonds. The van der Waals surface area contributed by atoms with Gasteiger partial charge >= 0.3 is 13.8 Å². The van der Waals surface area contributed by atoms with E-state index in [0.717, 1.165) is 38.5 Å². The van der Waals surface area contributed by atoms with Crippen LogP contribution >= 0.6 is 7.82 Å². The third kappa shape index (κ3) is 40.0. The summed E-state index contributed by atoms with van der Waals surface area (Å²) in [7, 11) is -4.40. The zero-order valence-corrected chi connectivity index (χ0v) is 34.2. The standard InChI is InChI=1S/C41H82NO8P/c1-3-5-7-9-11-13-15-17-18-19-20-21-22-23-25-27-29-31-33-40(44)42-35-36-49-51(46,47)50-38-39(43)37-48-41(45)34-32-30-28-26-24-16-14-12-10-8-6-4-2/h39,43H,3-38H2,1-2H3,(H,42,44)(H,46,47). The zero-order valence-electron chi connectivity index (χ0n) is 33.3. The molecular weight excluding hydrogens is 665 g/mol. The molecule has 0 aliphatic heterocycles. The van der Waals surface area contributed by atoms with E-state index >= 15 is 0 Å². The normalized spacial score (nSPS) is 13.3. The van der Waals surface area contributed by atoms with Crippen molar-refractivity contribution in [1.29, 1.82) is 0 Å². The number of amides is 1. The van der Waals surface area contributed by atoms with Crippen molar-refractivity contribution < 1.29 is 37.9 Å². The number of rotatable bonds is 41. The highest BCUT2D eigenvalue weighted by Crippen LogP contribution is 2.42. The van der Waals surface area contributed by atoms with Gasteiger partial charge in [-0.25, -0.2) is 4.57 Å². The fraction of sp³-hybridized carbons (Fsp3) is 0.951. The van der Waals surface area contributed by atoms with Crippen LogP contribution in [0.25, 0.3) is 0 Å². The molecule has 0 spiro atoms. The van der Waals surface area contributed by atoms with Crippen molar-refractivity contribution >= 4 is 19.7 Å². The fourth-order valence-corrected chi connectivity index (χ4v) is 7.02. The summed E-state index contributed by atoms with van der Waals surface area (Å²) in [6, 6.07) is 0. The number of carbonyl (C=O) groups is 2. The Morgan fingerprint density at radius 2 is 0.882 bits per heavy atom. The molecule has 0 aliphatic carbocycles. The van der Waals surface area contributed by atoms with Crippen molar-refractivity contribution in [3.8, 4) is 0 Å². The van der Waals surface area contributed by atoms with Crippen molar-refractivity contribution in [2.75, 3.05) is 26.4 Å². The van der Waals surface area contributed by atoms with Crippen molar-refractivity contribution in [3.05, 3.63) is 0 Å². The molecule has 0 aromatic heterocycles. The number of unbranched alkanes of at least 4 members (excludes halogenated alkanes) is 28. The summed E-state index contributed by atoms with van der Waals surface area (Å²) in [5.74, 6) is -0.505. The summed E-state index contributed by atoms with van der Waals surface area (Å²) >= 11 is 0. The van der Waals surface area contributed by atoms with Crippen LogP contribution in [0.5, 0.6) is 0 Å². The molecule has 10 heteroatoms. The average molecular weight is 748 g/mol. The molecule has 2 atom stereocenters. The number of hydrogen-bond acceptors (Lipinski definition) is 7. The molecule has 2 unspecified atom stereocenters. The van der Waals surface area contributed by atoms with Gasteiger partial charge in [-0.1, -0.05) is 194 Å². The molecule has 0 bridgehead atoms. The van der Waals surface area contributed by atoms with Crippen LogP contribution in [0.2, 0.25) is 0 Å². The van der Waals surface area contributed by atoms with Gasteiger partial charge in [0.15, 0.2) is 0 Å². The van der Waals surface area contributed by atoms with Crippen LogP contribution in [-0.2, 0) is 27.9 Å². The lowest BCUT2D eigenvalue weighted by Crippen LogP contribution is -2.27. The summed E-state index contributed by atoms with van der Waals surface area (Å²) in [4.78, 5) is 33.8. The largest absolute Gasteiger partial charge is 0.472 e. The molecule has 0 aromatic carbocycles. The Balaban J connectivity index is 3.54. The molecule has 9 nitrogen and oxygen atoms in total. The molecule has 0 saturated carbocycles. The first-order valence-electron chi connectivity index (χ1n) is 21.5. The number of ether oxygens (including phenoxy) is 1. The molecular formula is C41H82NO8P. The maximum atomic E-state index is 12.1. The monoisotopic (exact) mass is 748 g/mol. The molecule has 0 fully saturated rings. The number of phosphoric ester groups is 1. The third-order valence-corrected chi connectivity index (χ3v) is 10.5. The van der Waals surface area contributed by atoms with E-state index in [1.807, 2.05) is 0 Å². The number of aliphatic hydroxyl groups is 1. The van der Waals surface area contributed by atoms with Crippen LogP contribution in [0.3, 0.4) is 0 Å². The van der Waals surface area contributed by atoms with Crippen LogP contribution in [0.1, 0.15) is 219 Å². The molecule has 3 N–H and O–H groups in total. The van der Waals surface area contributed by atoms with E-state index in [1.54, 1.807) is 0 Å². The summed E-state index contributed by atoms with van der Waals surface area (Å²) < 4.78 is 26.8. The second kappa shape index (κ2) is 38.7. The van der Waals surface area contributed by atoms with Gasteiger partial charge < -0.3 is 20.1 Å². The van der Waals surface area contributed by atoms with Gasteiger partial charge in [0.05, 0.1) is 13.2 Å². The lowest BCUT2D eigenvalue weighted by atomic mass is 10.0. The molecule has 0 aliphatic rings. The van der Waals surface area contributed by atoms with Crippen LogP contribution in [0.15, 0.2) is 0 Å². The number of aliphatic hydroxyl groups excluding tert-OH is 1. The van der Waals surface area contributed by atoms with Crippen LogP contribution < -0.4 is 5.32 Å². The molecule has 0 aromatic rings. The zero-order chi connectivity index (χ0) is 37.5. The summed E-state index contributed by atoms with van der Waals surface area (Å²) in [5, 5.41) is 12.7. The van der Waals surface area contributed by atoms with E-state index in [4.69, 9.17) is 13.8 Å².